The maximum atomic E-state index is 6.03. The Morgan fingerprint density at radius 3 is 2.47 bits per heavy atom. The Balaban J connectivity index is 2.00. The van der Waals surface area contributed by atoms with Crippen LogP contribution in [0.4, 0.5) is 0 Å². The van der Waals surface area contributed by atoms with Gasteiger partial charge < -0.3 is 4.74 Å². The lowest BCUT2D eigenvalue weighted by atomic mass is 10.1. The summed E-state index contributed by atoms with van der Waals surface area (Å²) < 4.78 is 5.66. The van der Waals surface area contributed by atoms with E-state index in [0.717, 1.165) is 18.6 Å². The molecule has 0 radical (unpaired) electrons. The highest BCUT2D eigenvalue weighted by atomic mass is 35.5. The van der Waals surface area contributed by atoms with E-state index in [-0.39, 0.29) is 0 Å². The SMILES string of the molecule is CCCc1ccc(OCc2nc(Cl)ccc2Cl)cc1. The minimum Gasteiger partial charge on any atom is -0.487 e. The molecule has 1 aromatic heterocycles. The van der Waals surface area contributed by atoms with Crippen LogP contribution in [0.5, 0.6) is 5.75 Å². The summed E-state index contributed by atoms with van der Waals surface area (Å²) >= 11 is 11.9. The van der Waals surface area contributed by atoms with E-state index in [2.05, 4.69) is 24.0 Å². The molecule has 2 nitrogen and oxygen atoms in total. The Bertz CT molecular complexity index is 540. The summed E-state index contributed by atoms with van der Waals surface area (Å²) in [6, 6.07) is 11.5. The second kappa shape index (κ2) is 6.78. The van der Waals surface area contributed by atoms with Gasteiger partial charge in [0, 0.05) is 0 Å². The van der Waals surface area contributed by atoms with Crippen LogP contribution in [0.15, 0.2) is 36.4 Å². The average molecular weight is 296 g/mol. The summed E-state index contributed by atoms with van der Waals surface area (Å²) in [7, 11) is 0. The summed E-state index contributed by atoms with van der Waals surface area (Å²) in [5.74, 6) is 0.803. The predicted molar refractivity (Wildman–Crippen MR) is 79.0 cm³/mol. The van der Waals surface area contributed by atoms with Gasteiger partial charge in [-0.2, -0.15) is 0 Å². The summed E-state index contributed by atoms with van der Waals surface area (Å²) in [6.07, 6.45) is 2.23. The highest BCUT2D eigenvalue weighted by molar-refractivity contribution is 6.32. The van der Waals surface area contributed by atoms with Gasteiger partial charge in [0.15, 0.2) is 0 Å². The molecule has 0 N–H and O–H groups in total. The highest BCUT2D eigenvalue weighted by Crippen LogP contribution is 2.20. The van der Waals surface area contributed by atoms with Gasteiger partial charge in [0.05, 0.1) is 10.7 Å². The Labute approximate surface area is 123 Å². The largest absolute Gasteiger partial charge is 0.487 e. The van der Waals surface area contributed by atoms with Crippen LogP contribution in [-0.2, 0) is 13.0 Å². The van der Waals surface area contributed by atoms with Crippen LogP contribution >= 0.6 is 23.2 Å². The fourth-order valence-corrected chi connectivity index (χ4v) is 2.08. The molecule has 1 heterocycles. The van der Waals surface area contributed by atoms with E-state index >= 15 is 0 Å². The molecule has 100 valence electrons. The molecule has 0 amide bonds. The van der Waals surface area contributed by atoms with Crippen LogP contribution in [0.25, 0.3) is 0 Å². The lowest BCUT2D eigenvalue weighted by Gasteiger charge is -2.08. The van der Waals surface area contributed by atoms with Crippen LogP contribution < -0.4 is 4.74 Å². The lowest BCUT2D eigenvalue weighted by Crippen LogP contribution is -1.99. The van der Waals surface area contributed by atoms with Crippen molar-refractivity contribution in [2.24, 2.45) is 0 Å². The molecule has 0 saturated carbocycles. The van der Waals surface area contributed by atoms with E-state index in [1.165, 1.54) is 5.56 Å². The average Bonchev–Trinajstić information content (AvgIpc) is 2.42. The van der Waals surface area contributed by atoms with Gasteiger partial charge in [0.1, 0.15) is 17.5 Å². The number of rotatable bonds is 5. The van der Waals surface area contributed by atoms with E-state index in [4.69, 9.17) is 27.9 Å². The molecule has 4 heteroatoms. The quantitative estimate of drug-likeness (QED) is 0.731. The molecule has 0 bridgehead atoms. The number of halogens is 2. The maximum absolute atomic E-state index is 6.03. The Morgan fingerprint density at radius 1 is 1.05 bits per heavy atom. The number of aryl methyl sites for hydroxylation is 1. The van der Waals surface area contributed by atoms with Crippen molar-refractivity contribution >= 4 is 23.2 Å². The smallest absolute Gasteiger partial charge is 0.132 e. The van der Waals surface area contributed by atoms with Crippen LogP contribution in [0, 0.1) is 0 Å². The van der Waals surface area contributed by atoms with Gasteiger partial charge >= 0.3 is 0 Å². The van der Waals surface area contributed by atoms with E-state index in [0.29, 0.717) is 22.5 Å². The standard InChI is InChI=1S/C15H15Cl2NO/c1-2-3-11-4-6-12(7-5-11)19-10-14-13(16)8-9-15(17)18-14/h4-9H,2-3,10H2,1H3. The van der Waals surface area contributed by atoms with Crippen molar-refractivity contribution in [1.82, 2.24) is 4.98 Å². The summed E-state index contributed by atoms with van der Waals surface area (Å²) in [6.45, 7) is 2.48. The van der Waals surface area contributed by atoms with Crippen molar-refractivity contribution in [3.63, 3.8) is 0 Å². The molecule has 0 saturated heterocycles. The fourth-order valence-electron chi connectivity index (χ4n) is 1.75. The first-order chi connectivity index (χ1) is 9.19. The first-order valence-electron chi connectivity index (χ1n) is 6.21. The molecule has 0 spiro atoms. The van der Waals surface area contributed by atoms with Gasteiger partial charge in [-0.15, -0.1) is 0 Å². The third kappa shape index (κ3) is 4.12. The van der Waals surface area contributed by atoms with Gasteiger partial charge in [-0.05, 0) is 36.2 Å². The van der Waals surface area contributed by atoms with Crippen molar-refractivity contribution < 1.29 is 4.74 Å². The normalized spacial score (nSPS) is 10.5. The van der Waals surface area contributed by atoms with Crippen LogP contribution in [0.1, 0.15) is 24.6 Å². The number of ether oxygens (including phenoxy) is 1. The first-order valence-corrected chi connectivity index (χ1v) is 6.97. The first kappa shape index (κ1) is 14.2. The number of nitrogens with zero attached hydrogens (tertiary/aromatic N) is 1. The third-order valence-corrected chi connectivity index (χ3v) is 3.28. The van der Waals surface area contributed by atoms with Gasteiger partial charge in [0.2, 0.25) is 0 Å². The maximum Gasteiger partial charge on any atom is 0.132 e. The topological polar surface area (TPSA) is 22.1 Å². The molecule has 0 unspecified atom stereocenters. The molecule has 0 atom stereocenters. The molecule has 2 aromatic rings. The number of hydrogen-bond acceptors (Lipinski definition) is 2. The fraction of sp³-hybridized carbons (Fsp3) is 0.267. The summed E-state index contributed by atoms with van der Waals surface area (Å²) in [5.41, 5.74) is 1.96. The number of hydrogen-bond donors (Lipinski definition) is 0. The van der Waals surface area contributed by atoms with Crippen LogP contribution in [0.2, 0.25) is 10.2 Å². The zero-order valence-corrected chi connectivity index (χ0v) is 12.2. The lowest BCUT2D eigenvalue weighted by molar-refractivity contribution is 0.301. The van der Waals surface area contributed by atoms with E-state index in [1.807, 2.05) is 12.1 Å². The van der Waals surface area contributed by atoms with Crippen molar-refractivity contribution in [2.45, 2.75) is 26.4 Å². The molecule has 19 heavy (non-hydrogen) atoms. The minimum atomic E-state index is 0.312. The van der Waals surface area contributed by atoms with Gasteiger partial charge in [0.25, 0.3) is 0 Å². The van der Waals surface area contributed by atoms with Crippen LogP contribution in [-0.4, -0.2) is 4.98 Å². The molecule has 1 aromatic carbocycles. The molecular weight excluding hydrogens is 281 g/mol. The Hall–Kier alpha value is -1.25. The zero-order chi connectivity index (χ0) is 13.7. The van der Waals surface area contributed by atoms with E-state index in [9.17, 15) is 0 Å². The van der Waals surface area contributed by atoms with Gasteiger partial charge in [-0.25, -0.2) is 4.98 Å². The molecule has 2 rings (SSSR count). The second-order valence-electron chi connectivity index (χ2n) is 4.25. The van der Waals surface area contributed by atoms with E-state index in [1.54, 1.807) is 12.1 Å². The zero-order valence-electron chi connectivity index (χ0n) is 10.7. The molecule has 0 aliphatic carbocycles. The summed E-state index contributed by atoms with van der Waals surface area (Å²) in [4.78, 5) is 4.14. The number of pyridine rings is 1. The third-order valence-electron chi connectivity index (χ3n) is 2.72. The van der Waals surface area contributed by atoms with Crippen molar-refractivity contribution in [3.05, 3.63) is 57.8 Å². The monoisotopic (exact) mass is 295 g/mol. The number of benzene rings is 1. The highest BCUT2D eigenvalue weighted by Gasteiger charge is 2.04. The molecule has 0 aliphatic rings. The van der Waals surface area contributed by atoms with Crippen molar-refractivity contribution in [1.29, 1.82) is 0 Å². The minimum absolute atomic E-state index is 0.312. The van der Waals surface area contributed by atoms with Crippen molar-refractivity contribution in [3.8, 4) is 5.75 Å². The summed E-state index contributed by atoms with van der Waals surface area (Å²) in [5, 5.41) is 0.980. The second-order valence-corrected chi connectivity index (χ2v) is 5.04. The Kier molecular flexibility index (Phi) is 5.06. The van der Waals surface area contributed by atoms with Crippen LogP contribution in [0.3, 0.4) is 0 Å². The number of aromatic nitrogens is 1. The molecule has 0 fully saturated rings. The van der Waals surface area contributed by atoms with E-state index < -0.39 is 0 Å². The Morgan fingerprint density at radius 2 is 1.79 bits per heavy atom. The van der Waals surface area contributed by atoms with Crippen molar-refractivity contribution in [2.75, 3.05) is 0 Å². The van der Waals surface area contributed by atoms with Gasteiger partial charge in [-0.3, -0.25) is 0 Å². The molecule has 0 aliphatic heterocycles. The molecular formula is C15H15Cl2NO. The van der Waals surface area contributed by atoms with Gasteiger partial charge in [-0.1, -0.05) is 48.7 Å². The predicted octanol–water partition coefficient (Wildman–Crippen LogP) is 4.92.